The highest BCUT2D eigenvalue weighted by molar-refractivity contribution is 7.99. The van der Waals surface area contributed by atoms with Crippen LogP contribution >= 0.6 is 11.8 Å². The second-order valence-electron chi connectivity index (χ2n) is 8.51. The second-order valence-corrected chi connectivity index (χ2v) is 9.54. The lowest BCUT2D eigenvalue weighted by molar-refractivity contribution is 0.0182. The van der Waals surface area contributed by atoms with Gasteiger partial charge in [0.05, 0.1) is 0 Å². The first-order valence-corrected chi connectivity index (χ1v) is 9.62. The Kier molecular flexibility index (Phi) is 5.70. The van der Waals surface area contributed by atoms with Crippen molar-refractivity contribution in [3.8, 4) is 0 Å². The summed E-state index contributed by atoms with van der Waals surface area (Å²) in [4.78, 5) is 14.1. The number of ether oxygens (including phenoxy) is 1. The lowest BCUT2D eigenvalue weighted by Gasteiger charge is -2.40. The Labute approximate surface area is 139 Å². The van der Waals surface area contributed by atoms with E-state index in [1.165, 1.54) is 17.9 Å². The van der Waals surface area contributed by atoms with E-state index < -0.39 is 5.60 Å². The van der Waals surface area contributed by atoms with Crippen LogP contribution < -0.4 is 5.32 Å². The van der Waals surface area contributed by atoms with Gasteiger partial charge in [0.15, 0.2) is 0 Å². The summed E-state index contributed by atoms with van der Waals surface area (Å²) in [5.74, 6) is 2.44. The van der Waals surface area contributed by atoms with Crippen LogP contribution in [0.2, 0.25) is 0 Å². The SMILES string of the molecule is CC1(C)CSCC(NC2CCCN(C(=O)OC(C)(C)C)C2)C1. The number of likely N-dealkylation sites (tertiary alicyclic amines) is 1. The second kappa shape index (κ2) is 7.00. The van der Waals surface area contributed by atoms with E-state index in [1.807, 2.05) is 37.4 Å². The minimum Gasteiger partial charge on any atom is -0.444 e. The van der Waals surface area contributed by atoms with Gasteiger partial charge in [-0.05, 0) is 51.2 Å². The van der Waals surface area contributed by atoms with Crippen molar-refractivity contribution in [1.29, 1.82) is 0 Å². The summed E-state index contributed by atoms with van der Waals surface area (Å²) in [6.07, 6.45) is 3.27. The van der Waals surface area contributed by atoms with Crippen LogP contribution in [-0.4, -0.2) is 53.3 Å². The zero-order valence-corrected chi connectivity index (χ0v) is 15.6. The van der Waals surface area contributed by atoms with Crippen molar-refractivity contribution in [3.05, 3.63) is 0 Å². The number of amides is 1. The van der Waals surface area contributed by atoms with Crippen molar-refractivity contribution in [2.45, 2.75) is 71.6 Å². The molecule has 0 aromatic carbocycles. The summed E-state index contributed by atoms with van der Waals surface area (Å²) in [5, 5.41) is 3.79. The van der Waals surface area contributed by atoms with Crippen LogP contribution in [0, 0.1) is 5.41 Å². The molecule has 2 aliphatic heterocycles. The molecule has 0 radical (unpaired) electrons. The normalized spacial score (nSPS) is 29.2. The first-order chi connectivity index (χ1) is 10.1. The third kappa shape index (κ3) is 5.65. The van der Waals surface area contributed by atoms with Crippen LogP contribution in [0.5, 0.6) is 0 Å². The lowest BCUT2D eigenvalue weighted by atomic mass is 9.87. The van der Waals surface area contributed by atoms with Gasteiger partial charge < -0.3 is 15.0 Å². The minimum absolute atomic E-state index is 0.169. The molecular formula is C17H32N2O2S. The van der Waals surface area contributed by atoms with Crippen LogP contribution in [0.3, 0.4) is 0 Å². The third-order valence-electron chi connectivity index (χ3n) is 4.16. The van der Waals surface area contributed by atoms with E-state index in [2.05, 4.69) is 19.2 Å². The molecule has 2 aliphatic rings. The molecule has 128 valence electrons. The van der Waals surface area contributed by atoms with Crippen LogP contribution in [0.4, 0.5) is 4.79 Å². The molecule has 1 amide bonds. The molecule has 0 aromatic heterocycles. The molecule has 2 unspecified atom stereocenters. The smallest absolute Gasteiger partial charge is 0.410 e. The fourth-order valence-electron chi connectivity index (χ4n) is 3.31. The first kappa shape index (κ1) is 17.9. The van der Waals surface area contributed by atoms with E-state index in [1.54, 1.807) is 0 Å². The summed E-state index contributed by atoms with van der Waals surface area (Å²) in [5.41, 5.74) is 0.00158. The van der Waals surface area contributed by atoms with Gasteiger partial charge in [-0.15, -0.1) is 0 Å². The highest BCUT2D eigenvalue weighted by atomic mass is 32.2. The van der Waals surface area contributed by atoms with Crippen molar-refractivity contribution in [1.82, 2.24) is 10.2 Å². The summed E-state index contributed by atoms with van der Waals surface area (Å²) in [6.45, 7) is 12.1. The summed E-state index contributed by atoms with van der Waals surface area (Å²) < 4.78 is 5.50. The molecule has 0 bridgehead atoms. The number of carbonyl (C=O) groups is 1. The van der Waals surface area contributed by atoms with Gasteiger partial charge in [-0.25, -0.2) is 4.79 Å². The zero-order valence-electron chi connectivity index (χ0n) is 14.8. The molecule has 4 nitrogen and oxygen atoms in total. The van der Waals surface area contributed by atoms with Gasteiger partial charge in [-0.1, -0.05) is 13.8 Å². The van der Waals surface area contributed by atoms with Crippen LogP contribution in [0.15, 0.2) is 0 Å². The van der Waals surface area contributed by atoms with Crippen LogP contribution in [0.25, 0.3) is 0 Å². The number of nitrogens with one attached hydrogen (secondary N) is 1. The van der Waals surface area contributed by atoms with E-state index in [4.69, 9.17) is 4.74 Å². The molecule has 22 heavy (non-hydrogen) atoms. The molecule has 2 rings (SSSR count). The quantitative estimate of drug-likeness (QED) is 0.842. The van der Waals surface area contributed by atoms with Gasteiger partial charge in [-0.2, -0.15) is 11.8 Å². The van der Waals surface area contributed by atoms with Crippen LogP contribution in [-0.2, 0) is 4.74 Å². The Balaban J connectivity index is 1.84. The standard InChI is InChI=1S/C17H32N2O2S/c1-16(2,3)21-15(20)19-8-6-7-13(10-19)18-14-9-17(4,5)12-22-11-14/h13-14,18H,6-12H2,1-5H3. The number of nitrogens with zero attached hydrogens (tertiary/aromatic N) is 1. The van der Waals surface area contributed by atoms with Crippen molar-refractivity contribution in [2.75, 3.05) is 24.6 Å². The Morgan fingerprint density at radius 1 is 1.32 bits per heavy atom. The van der Waals surface area contributed by atoms with E-state index in [9.17, 15) is 4.79 Å². The van der Waals surface area contributed by atoms with Gasteiger partial charge in [0.25, 0.3) is 0 Å². The Bertz CT molecular complexity index is 393. The third-order valence-corrected chi connectivity index (χ3v) is 5.78. The Hall–Kier alpha value is -0.420. The summed E-state index contributed by atoms with van der Waals surface area (Å²) >= 11 is 2.05. The van der Waals surface area contributed by atoms with Crippen molar-refractivity contribution in [2.24, 2.45) is 5.41 Å². The van der Waals surface area contributed by atoms with Gasteiger partial charge in [0.2, 0.25) is 0 Å². The molecule has 2 saturated heterocycles. The van der Waals surface area contributed by atoms with Crippen molar-refractivity contribution in [3.63, 3.8) is 0 Å². The molecule has 0 spiro atoms. The fraction of sp³-hybridized carbons (Fsp3) is 0.941. The van der Waals surface area contributed by atoms with Crippen molar-refractivity contribution < 1.29 is 9.53 Å². The maximum absolute atomic E-state index is 12.2. The molecule has 1 N–H and O–H groups in total. The van der Waals surface area contributed by atoms with Gasteiger partial charge in [-0.3, -0.25) is 0 Å². The highest BCUT2D eigenvalue weighted by Crippen LogP contribution is 2.33. The Morgan fingerprint density at radius 2 is 2.05 bits per heavy atom. The maximum Gasteiger partial charge on any atom is 0.410 e. The van der Waals surface area contributed by atoms with Gasteiger partial charge in [0, 0.05) is 30.9 Å². The lowest BCUT2D eigenvalue weighted by Crippen LogP contribution is -2.53. The average molecular weight is 329 g/mol. The minimum atomic E-state index is -0.415. The predicted molar refractivity (Wildman–Crippen MR) is 93.5 cm³/mol. The maximum atomic E-state index is 12.2. The monoisotopic (exact) mass is 328 g/mol. The molecule has 0 aliphatic carbocycles. The molecule has 0 saturated carbocycles. The van der Waals surface area contributed by atoms with Crippen LogP contribution in [0.1, 0.15) is 53.9 Å². The average Bonchev–Trinajstić information content (AvgIpc) is 2.35. The van der Waals surface area contributed by atoms with E-state index >= 15 is 0 Å². The fourth-order valence-corrected chi connectivity index (χ4v) is 4.60. The highest BCUT2D eigenvalue weighted by Gasteiger charge is 2.32. The number of hydrogen-bond acceptors (Lipinski definition) is 4. The molecule has 5 heteroatoms. The zero-order chi connectivity index (χ0) is 16.4. The number of thioether (sulfide) groups is 1. The van der Waals surface area contributed by atoms with Gasteiger partial charge in [0.1, 0.15) is 5.60 Å². The summed E-state index contributed by atoms with van der Waals surface area (Å²) in [7, 11) is 0. The molecular weight excluding hydrogens is 296 g/mol. The first-order valence-electron chi connectivity index (χ1n) is 8.46. The number of piperidine rings is 1. The summed E-state index contributed by atoms with van der Waals surface area (Å²) in [6, 6.07) is 0.970. The molecule has 0 aromatic rings. The number of carbonyl (C=O) groups excluding carboxylic acids is 1. The Morgan fingerprint density at radius 3 is 2.68 bits per heavy atom. The number of hydrogen-bond donors (Lipinski definition) is 1. The van der Waals surface area contributed by atoms with Crippen molar-refractivity contribution >= 4 is 17.9 Å². The predicted octanol–water partition coefficient (Wildman–Crippen LogP) is 3.51. The molecule has 2 fully saturated rings. The van der Waals surface area contributed by atoms with E-state index in [0.29, 0.717) is 17.5 Å². The van der Waals surface area contributed by atoms with E-state index in [0.717, 1.165) is 25.9 Å². The van der Waals surface area contributed by atoms with E-state index in [-0.39, 0.29) is 6.09 Å². The van der Waals surface area contributed by atoms with Gasteiger partial charge >= 0.3 is 6.09 Å². The largest absolute Gasteiger partial charge is 0.444 e. The molecule has 2 heterocycles. The number of rotatable bonds is 2. The topological polar surface area (TPSA) is 41.6 Å². The molecule has 2 atom stereocenters.